The normalized spacial score (nSPS) is 13.0. The number of rotatable bonds is 3. The minimum Gasteiger partial charge on any atom is -1.00 e. The molecule has 0 fully saturated rings. The predicted molar refractivity (Wildman–Crippen MR) is 58.2 cm³/mol. The Kier molecular flexibility index (Phi) is 14.8. The number of likely N-dealkylation sites (N-methyl/N-ethyl adjacent to an activating group) is 1. The maximum Gasteiger partial charge on any atom is 2.00 e. The van der Waals surface area contributed by atoms with E-state index >= 15 is 0 Å². The topological polar surface area (TPSA) is 39.6 Å². The van der Waals surface area contributed by atoms with Gasteiger partial charge in [-0.3, -0.25) is 0 Å². The van der Waals surface area contributed by atoms with Gasteiger partial charge in [-0.15, -0.1) is 0 Å². The van der Waals surface area contributed by atoms with Crippen LogP contribution in [-0.2, 0) is 19.5 Å². The fourth-order valence-electron chi connectivity index (χ4n) is 1.48. The Balaban J connectivity index is -0.000000653. The Labute approximate surface area is 132 Å². The molecule has 7 heteroatoms. The van der Waals surface area contributed by atoms with Gasteiger partial charge in [-0.05, 0) is 19.9 Å². The predicted octanol–water partition coefficient (Wildman–Crippen LogP) is -3.59. The zero-order chi connectivity index (χ0) is 10.6. The molecule has 0 heterocycles. The van der Waals surface area contributed by atoms with Crippen molar-refractivity contribution in [2.75, 3.05) is 13.1 Å². The molecule has 1 rings (SSSR count). The van der Waals surface area contributed by atoms with E-state index in [9.17, 15) is 0 Å². The fraction of sp³-hybridized carbons (Fsp3) is 0.500. The standard InChI is InChI=1S/C10H14ClN3.2ClH.Zn/c1-3-14(4-2)10-6-5-8(13-12)7-9(10)11;;;/h5-6H,3-4,7H2,1-2H3;2*1H;/q;;;+2/p-2. The summed E-state index contributed by atoms with van der Waals surface area (Å²) in [6, 6.07) is 0. The van der Waals surface area contributed by atoms with Gasteiger partial charge in [0.15, 0.2) is 0 Å². The first-order valence-electron chi connectivity index (χ1n) is 4.75. The first kappa shape index (κ1) is 22.3. The molecule has 17 heavy (non-hydrogen) atoms. The fourth-order valence-corrected chi connectivity index (χ4v) is 1.80. The molecule has 0 N–H and O–H groups in total. The number of halogens is 3. The van der Waals surface area contributed by atoms with Crippen LogP contribution >= 0.6 is 11.6 Å². The molecule has 0 spiro atoms. The Morgan fingerprint density at radius 2 is 1.82 bits per heavy atom. The van der Waals surface area contributed by atoms with E-state index in [1.165, 1.54) is 0 Å². The zero-order valence-electron chi connectivity index (χ0n) is 9.96. The summed E-state index contributed by atoms with van der Waals surface area (Å²) in [5, 5.41) is 0.740. The third kappa shape index (κ3) is 6.04. The second-order valence-electron chi connectivity index (χ2n) is 3.06. The molecular weight excluding hydrogens is 334 g/mol. The summed E-state index contributed by atoms with van der Waals surface area (Å²) in [6.45, 7) is 6.03. The Morgan fingerprint density at radius 3 is 2.18 bits per heavy atom. The summed E-state index contributed by atoms with van der Waals surface area (Å²) >= 11 is 6.10. The van der Waals surface area contributed by atoms with E-state index in [0.29, 0.717) is 12.1 Å². The zero-order valence-corrected chi connectivity index (χ0v) is 15.2. The van der Waals surface area contributed by atoms with Gasteiger partial charge in [-0.1, -0.05) is 11.6 Å². The third-order valence-electron chi connectivity index (χ3n) is 2.28. The molecule has 0 bridgehead atoms. The largest absolute Gasteiger partial charge is 2.00 e. The number of hydrogen-bond donors (Lipinski definition) is 0. The van der Waals surface area contributed by atoms with E-state index in [1.54, 1.807) is 6.08 Å². The van der Waals surface area contributed by atoms with Gasteiger partial charge in [0.05, 0.1) is 17.2 Å². The van der Waals surface area contributed by atoms with Crippen LogP contribution in [-0.4, -0.2) is 28.5 Å². The molecule has 1 aliphatic carbocycles. The van der Waals surface area contributed by atoms with Crippen LogP contribution in [0.15, 0.2) is 22.9 Å². The summed E-state index contributed by atoms with van der Waals surface area (Å²) in [4.78, 5) is 5.31. The van der Waals surface area contributed by atoms with Gasteiger partial charge in [-0.2, -0.15) is 4.79 Å². The number of hydrogen-bond acceptors (Lipinski definition) is 1. The van der Waals surface area contributed by atoms with Gasteiger partial charge < -0.3 is 35.2 Å². The van der Waals surface area contributed by atoms with E-state index in [-0.39, 0.29) is 44.3 Å². The van der Waals surface area contributed by atoms with E-state index in [1.807, 2.05) is 6.08 Å². The molecule has 0 unspecified atom stereocenters. The van der Waals surface area contributed by atoms with Crippen LogP contribution in [0.25, 0.3) is 5.53 Å². The van der Waals surface area contributed by atoms with E-state index in [4.69, 9.17) is 17.1 Å². The van der Waals surface area contributed by atoms with Gasteiger partial charge in [0.25, 0.3) is 5.71 Å². The van der Waals surface area contributed by atoms with Gasteiger partial charge >= 0.3 is 19.5 Å². The average Bonchev–Trinajstić information content (AvgIpc) is 2.22. The smallest absolute Gasteiger partial charge is 1.00 e. The second kappa shape index (κ2) is 11.3. The minimum atomic E-state index is 0. The van der Waals surface area contributed by atoms with E-state index < -0.39 is 0 Å². The van der Waals surface area contributed by atoms with Crippen molar-refractivity contribution in [3.05, 3.63) is 28.4 Å². The average molecular weight is 348 g/mol. The van der Waals surface area contributed by atoms with Crippen LogP contribution in [0.2, 0.25) is 0 Å². The maximum atomic E-state index is 8.59. The minimum absolute atomic E-state index is 0. The van der Waals surface area contributed by atoms with Crippen LogP contribution in [0.5, 0.6) is 0 Å². The van der Waals surface area contributed by atoms with Crippen molar-refractivity contribution in [1.82, 2.24) is 4.90 Å². The van der Waals surface area contributed by atoms with Gasteiger partial charge in [0.2, 0.25) is 0 Å². The molecule has 3 nitrogen and oxygen atoms in total. The van der Waals surface area contributed by atoms with Gasteiger partial charge in [0, 0.05) is 19.2 Å². The van der Waals surface area contributed by atoms with Crippen LogP contribution in [0.1, 0.15) is 20.3 Å². The molecule has 0 saturated heterocycles. The monoisotopic (exact) mass is 345 g/mol. The molecule has 0 radical (unpaired) electrons. The molecule has 92 valence electrons. The molecule has 0 aromatic heterocycles. The van der Waals surface area contributed by atoms with Crippen molar-refractivity contribution >= 4 is 17.3 Å². The summed E-state index contributed by atoms with van der Waals surface area (Å²) in [6.07, 6.45) is 4.20. The van der Waals surface area contributed by atoms with Crippen LogP contribution < -0.4 is 24.8 Å². The van der Waals surface area contributed by atoms with Crippen LogP contribution in [0.4, 0.5) is 0 Å². The van der Waals surface area contributed by atoms with Crippen molar-refractivity contribution in [3.63, 3.8) is 0 Å². The molecule has 0 aromatic rings. The van der Waals surface area contributed by atoms with Crippen molar-refractivity contribution in [2.45, 2.75) is 20.3 Å². The van der Waals surface area contributed by atoms with E-state index in [2.05, 4.69) is 23.5 Å². The molecular formula is C10H14Cl3N3Zn. The van der Waals surface area contributed by atoms with Crippen molar-refractivity contribution in [3.8, 4) is 0 Å². The quantitative estimate of drug-likeness (QED) is 0.295. The summed E-state index contributed by atoms with van der Waals surface area (Å²) < 4.78 is 0. The van der Waals surface area contributed by atoms with Crippen LogP contribution in [0, 0.1) is 0 Å². The Bertz CT molecular complexity index is 332. The SMILES string of the molecule is CCN(CC)C1=C(Cl)CC(=[N+]=[N-])C=C1.[Cl-].[Cl-].[Zn+2]. The Hall–Kier alpha value is 0.153. The first-order chi connectivity index (χ1) is 6.72. The summed E-state index contributed by atoms with van der Waals surface area (Å²) in [7, 11) is 0. The van der Waals surface area contributed by atoms with Crippen LogP contribution in [0.3, 0.4) is 0 Å². The van der Waals surface area contributed by atoms with Gasteiger partial charge in [-0.25, -0.2) is 0 Å². The third-order valence-corrected chi connectivity index (χ3v) is 2.61. The number of allylic oxidation sites excluding steroid dienone is 3. The number of nitrogens with zero attached hydrogens (tertiary/aromatic N) is 3. The Morgan fingerprint density at radius 1 is 1.29 bits per heavy atom. The molecule has 0 aromatic carbocycles. The van der Waals surface area contributed by atoms with E-state index in [0.717, 1.165) is 23.8 Å². The molecule has 0 saturated carbocycles. The second-order valence-corrected chi connectivity index (χ2v) is 3.52. The first-order valence-corrected chi connectivity index (χ1v) is 5.13. The maximum absolute atomic E-state index is 8.59. The molecule has 0 amide bonds. The van der Waals surface area contributed by atoms with Gasteiger partial charge in [0.1, 0.15) is 0 Å². The van der Waals surface area contributed by atoms with Crippen molar-refractivity contribution < 1.29 is 49.1 Å². The van der Waals surface area contributed by atoms with Crippen molar-refractivity contribution in [1.29, 1.82) is 0 Å². The van der Waals surface area contributed by atoms with Crippen molar-refractivity contribution in [2.24, 2.45) is 0 Å². The summed E-state index contributed by atoms with van der Waals surface area (Å²) in [5.41, 5.74) is 10.2. The molecule has 0 atom stereocenters. The summed E-state index contributed by atoms with van der Waals surface area (Å²) in [5.74, 6) is 0. The molecule has 1 aliphatic rings. The molecule has 0 aliphatic heterocycles.